The Morgan fingerprint density at radius 2 is 2.23 bits per heavy atom. The molecular formula is C19H18ClN5O. The fourth-order valence-corrected chi connectivity index (χ4v) is 2.42. The number of pyridine rings is 2. The SMILES string of the molecule is [2H]C([2H])(c1ccc(Cl)nc1)C1([2H])C(=O)N(c2cc(-c3ccncc3)[nH]n2)C([2H])([2H])C([2H])([2H])C1([2H])[2H]. The molecule has 4 heterocycles. The number of carbonyl (C=O) groups is 1. The van der Waals surface area contributed by atoms with E-state index >= 15 is 0 Å². The van der Waals surface area contributed by atoms with Gasteiger partial charge in [0.1, 0.15) is 5.15 Å². The number of nitrogens with one attached hydrogen (secondary N) is 1. The van der Waals surface area contributed by atoms with E-state index in [0.29, 0.717) is 11.3 Å². The number of carbonyl (C=O) groups excluding carboxylic acids is 1. The van der Waals surface area contributed by atoms with Crippen LogP contribution in [0.1, 0.15) is 30.6 Å². The molecule has 0 aromatic carbocycles. The molecule has 3 aromatic heterocycles. The Labute approximate surface area is 168 Å². The Morgan fingerprint density at radius 1 is 1.38 bits per heavy atom. The maximum absolute atomic E-state index is 13.7. The van der Waals surface area contributed by atoms with Gasteiger partial charge in [0.15, 0.2) is 5.82 Å². The third-order valence-corrected chi connectivity index (χ3v) is 3.78. The highest BCUT2D eigenvalue weighted by atomic mass is 35.5. The van der Waals surface area contributed by atoms with Gasteiger partial charge >= 0.3 is 0 Å². The molecule has 6 nitrogen and oxygen atoms in total. The summed E-state index contributed by atoms with van der Waals surface area (Å²) in [7, 11) is 0. The molecule has 0 bridgehead atoms. The summed E-state index contributed by atoms with van der Waals surface area (Å²) in [6.07, 6.45) is -6.49. The number of halogens is 1. The first-order chi connectivity index (χ1) is 16.1. The number of aromatic amines is 1. The van der Waals surface area contributed by atoms with Crippen LogP contribution in [0.4, 0.5) is 5.82 Å². The van der Waals surface area contributed by atoms with Crippen molar-refractivity contribution in [2.24, 2.45) is 5.89 Å². The van der Waals surface area contributed by atoms with Gasteiger partial charge in [0, 0.05) is 54.9 Å². The van der Waals surface area contributed by atoms with E-state index in [1.54, 1.807) is 12.1 Å². The van der Waals surface area contributed by atoms with Gasteiger partial charge in [0.25, 0.3) is 0 Å². The van der Waals surface area contributed by atoms with Crippen LogP contribution in [-0.2, 0) is 11.2 Å². The van der Waals surface area contributed by atoms with Crippen LogP contribution < -0.4 is 4.90 Å². The minimum atomic E-state index is -3.65. The topological polar surface area (TPSA) is 74.8 Å². The van der Waals surface area contributed by atoms with Gasteiger partial charge in [-0.1, -0.05) is 17.7 Å². The Kier molecular flexibility index (Phi) is 2.59. The molecule has 1 fully saturated rings. The second-order valence-corrected chi connectivity index (χ2v) is 5.63. The minimum Gasteiger partial charge on any atom is -0.295 e. The normalized spacial score (nSPS) is 31.8. The first kappa shape index (κ1) is 9.28. The standard InChI is InChI=1S/C19H18ClN5O/c20-17-4-3-13(12-22-17)10-15-2-1-9-25(19(15)26)18-11-16(23-24-18)14-5-7-21-8-6-14/h3-8,11-12,15H,1-2,9-10H2,(H,23,24)/i1D2,2D2,9D2,10D2,15D. The number of piperidine rings is 1. The van der Waals surface area contributed by atoms with Gasteiger partial charge in [-0.25, -0.2) is 4.98 Å². The molecule has 26 heavy (non-hydrogen) atoms. The zero-order valence-electron chi connectivity index (χ0n) is 22.2. The van der Waals surface area contributed by atoms with Gasteiger partial charge in [0.2, 0.25) is 5.91 Å². The van der Waals surface area contributed by atoms with Crippen LogP contribution in [0.2, 0.25) is 5.15 Å². The summed E-state index contributed by atoms with van der Waals surface area (Å²) < 4.78 is 76.4. The summed E-state index contributed by atoms with van der Waals surface area (Å²) in [6, 6.07) is 6.71. The molecule has 0 radical (unpaired) electrons. The molecule has 1 aliphatic heterocycles. The molecule has 0 aliphatic carbocycles. The number of rotatable bonds is 4. The quantitative estimate of drug-likeness (QED) is 0.707. The Hall–Kier alpha value is -2.73. The number of anilines is 1. The summed E-state index contributed by atoms with van der Waals surface area (Å²) in [5, 5.41) is 6.48. The third-order valence-electron chi connectivity index (χ3n) is 3.55. The van der Waals surface area contributed by atoms with Crippen molar-refractivity contribution in [1.29, 1.82) is 0 Å². The Balaban J connectivity index is 1.92. The third kappa shape index (κ3) is 3.46. The zero-order chi connectivity index (χ0) is 26.0. The Morgan fingerprint density at radius 3 is 3.00 bits per heavy atom. The zero-order valence-corrected chi connectivity index (χ0v) is 13.9. The molecule has 1 unspecified atom stereocenters. The van der Waals surface area contributed by atoms with E-state index in [4.69, 9.17) is 23.9 Å². The van der Waals surface area contributed by atoms with Crippen LogP contribution in [0.5, 0.6) is 0 Å². The van der Waals surface area contributed by atoms with Gasteiger partial charge in [-0.15, -0.1) is 0 Å². The van der Waals surface area contributed by atoms with Crippen LogP contribution in [0.3, 0.4) is 0 Å². The summed E-state index contributed by atoms with van der Waals surface area (Å²) >= 11 is 5.75. The first-order valence-electron chi connectivity index (χ1n) is 12.0. The van der Waals surface area contributed by atoms with E-state index in [1.807, 2.05) is 0 Å². The van der Waals surface area contributed by atoms with Gasteiger partial charge in [-0.3, -0.25) is 19.8 Å². The number of amides is 1. The highest BCUT2D eigenvalue weighted by Crippen LogP contribution is 2.28. The van der Waals surface area contributed by atoms with Gasteiger partial charge < -0.3 is 0 Å². The number of H-pyrrole nitrogens is 1. The fourth-order valence-electron chi connectivity index (χ4n) is 2.31. The average molecular weight is 377 g/mol. The predicted molar refractivity (Wildman–Crippen MR) is 99.8 cm³/mol. The van der Waals surface area contributed by atoms with E-state index in [-0.39, 0.29) is 10.1 Å². The van der Waals surface area contributed by atoms with E-state index < -0.39 is 48.8 Å². The van der Waals surface area contributed by atoms with Crippen molar-refractivity contribution in [3.8, 4) is 11.3 Å². The highest BCUT2D eigenvalue weighted by molar-refractivity contribution is 6.29. The highest BCUT2D eigenvalue weighted by Gasteiger charge is 2.31. The van der Waals surface area contributed by atoms with E-state index in [0.717, 1.165) is 12.3 Å². The molecule has 1 amide bonds. The van der Waals surface area contributed by atoms with Gasteiger partial charge in [0.05, 0.1) is 5.69 Å². The Bertz CT molecular complexity index is 1270. The lowest BCUT2D eigenvalue weighted by Gasteiger charge is -2.30. The molecule has 0 saturated carbocycles. The number of hydrogen-bond acceptors (Lipinski definition) is 4. The van der Waals surface area contributed by atoms with Crippen LogP contribution in [0.15, 0.2) is 48.9 Å². The minimum absolute atomic E-state index is 0.0185. The van der Waals surface area contributed by atoms with Crippen LogP contribution in [0, 0.1) is 5.89 Å². The molecule has 132 valence electrons. The molecular weight excluding hydrogens is 350 g/mol. The lowest BCUT2D eigenvalue weighted by atomic mass is 9.91. The van der Waals surface area contributed by atoms with E-state index in [2.05, 4.69) is 20.2 Å². The summed E-state index contributed by atoms with van der Waals surface area (Å²) in [6.45, 7) is -3.35. The van der Waals surface area contributed by atoms with E-state index in [1.165, 1.54) is 24.5 Å². The smallest absolute Gasteiger partial charge is 0.231 e. The van der Waals surface area contributed by atoms with Crippen molar-refractivity contribution in [3.63, 3.8) is 0 Å². The molecule has 1 saturated heterocycles. The second kappa shape index (κ2) is 7.25. The molecule has 1 N–H and O–H groups in total. The maximum Gasteiger partial charge on any atom is 0.231 e. The monoisotopic (exact) mass is 376 g/mol. The molecule has 4 rings (SSSR count). The van der Waals surface area contributed by atoms with Crippen LogP contribution >= 0.6 is 11.6 Å². The lowest BCUT2D eigenvalue weighted by Crippen LogP contribution is -2.42. The van der Waals surface area contributed by atoms with Crippen molar-refractivity contribution in [1.82, 2.24) is 20.2 Å². The van der Waals surface area contributed by atoms with Crippen molar-refractivity contribution < 1.29 is 17.1 Å². The molecule has 1 atom stereocenters. The molecule has 3 aromatic rings. The van der Waals surface area contributed by atoms with Crippen molar-refractivity contribution in [2.75, 3.05) is 11.4 Å². The van der Waals surface area contributed by atoms with Crippen LogP contribution in [-0.4, -0.2) is 32.6 Å². The summed E-state index contributed by atoms with van der Waals surface area (Å²) in [5.41, 5.74) is 0.453. The molecule has 0 spiro atoms. The van der Waals surface area contributed by atoms with Crippen molar-refractivity contribution >= 4 is 23.3 Å². The first-order valence-corrected chi connectivity index (χ1v) is 7.91. The lowest BCUT2D eigenvalue weighted by molar-refractivity contribution is -0.123. The van der Waals surface area contributed by atoms with Crippen molar-refractivity contribution in [2.45, 2.75) is 19.1 Å². The molecule has 7 heteroatoms. The van der Waals surface area contributed by atoms with Gasteiger partial charge in [-0.2, -0.15) is 5.10 Å². The number of nitrogens with zero attached hydrogens (tertiary/aromatic N) is 4. The van der Waals surface area contributed by atoms with Crippen molar-refractivity contribution in [3.05, 3.63) is 59.6 Å². The summed E-state index contributed by atoms with van der Waals surface area (Å²) in [4.78, 5) is 21.6. The number of hydrogen-bond donors (Lipinski definition) is 1. The summed E-state index contributed by atoms with van der Waals surface area (Å²) in [5.74, 6) is -5.61. The second-order valence-electron chi connectivity index (χ2n) is 5.25. The maximum atomic E-state index is 13.7. The fraction of sp³-hybridized carbons (Fsp3) is 0.263. The largest absolute Gasteiger partial charge is 0.295 e. The van der Waals surface area contributed by atoms with Crippen LogP contribution in [0.25, 0.3) is 11.3 Å². The number of aromatic nitrogens is 4. The van der Waals surface area contributed by atoms with E-state index in [9.17, 15) is 4.79 Å². The van der Waals surface area contributed by atoms with Gasteiger partial charge in [-0.05, 0) is 42.9 Å². The average Bonchev–Trinajstić information content (AvgIpc) is 3.27. The predicted octanol–water partition coefficient (Wildman–Crippen LogP) is 3.51. The molecule has 1 aliphatic rings.